The second kappa shape index (κ2) is 5.90. The Labute approximate surface area is 142 Å². The fourth-order valence-electron chi connectivity index (χ4n) is 3.07. The molecule has 4 rings (SSSR count). The van der Waals surface area contributed by atoms with Crippen LogP contribution >= 0.6 is 11.8 Å². The number of thioether (sulfide) groups is 1. The number of rotatable bonds is 4. The zero-order valence-corrected chi connectivity index (χ0v) is 14.0. The molecule has 1 saturated heterocycles. The highest BCUT2D eigenvalue weighted by atomic mass is 32.2. The van der Waals surface area contributed by atoms with Crippen molar-refractivity contribution in [2.75, 3.05) is 12.3 Å². The maximum atomic E-state index is 11.7. The molecule has 6 nitrogen and oxygen atoms in total. The molecule has 2 aromatic heterocycles. The number of carbonyl (C=O) groups excluding carboxylic acids is 2. The number of hydrogen-bond acceptors (Lipinski definition) is 5. The minimum Gasteiger partial charge on any atom is -0.282 e. The fraction of sp³-hybridized carbons (Fsp3) is 0.294. The van der Waals surface area contributed by atoms with Crippen LogP contribution in [0.3, 0.4) is 0 Å². The van der Waals surface area contributed by atoms with Gasteiger partial charge in [0.2, 0.25) is 11.8 Å². The zero-order chi connectivity index (χ0) is 16.7. The van der Waals surface area contributed by atoms with Gasteiger partial charge in [0.15, 0.2) is 10.8 Å². The van der Waals surface area contributed by atoms with Crippen LogP contribution in [-0.2, 0) is 9.59 Å². The molecule has 1 aliphatic heterocycles. The first-order chi connectivity index (χ1) is 11.6. The van der Waals surface area contributed by atoms with Gasteiger partial charge < -0.3 is 0 Å². The molecule has 1 fully saturated rings. The normalized spacial score (nSPS) is 15.1. The highest BCUT2D eigenvalue weighted by Crippen LogP contribution is 2.26. The Morgan fingerprint density at radius 3 is 2.67 bits per heavy atom. The SMILES string of the molecule is Cc1cc2nnc(SCCN3C(=O)CCC3=O)n2c2ccccc12. The van der Waals surface area contributed by atoms with Gasteiger partial charge >= 0.3 is 0 Å². The number of likely N-dealkylation sites (tertiary alicyclic amines) is 1. The molecule has 3 heterocycles. The van der Waals surface area contributed by atoms with Crippen LogP contribution in [0, 0.1) is 6.92 Å². The van der Waals surface area contributed by atoms with Gasteiger partial charge in [-0.25, -0.2) is 0 Å². The van der Waals surface area contributed by atoms with E-state index in [0.717, 1.165) is 27.3 Å². The average molecular weight is 340 g/mol. The largest absolute Gasteiger partial charge is 0.282 e. The van der Waals surface area contributed by atoms with Crippen molar-refractivity contribution in [1.29, 1.82) is 0 Å². The second-order valence-electron chi connectivity index (χ2n) is 5.81. The van der Waals surface area contributed by atoms with Gasteiger partial charge in [0.05, 0.1) is 5.52 Å². The molecule has 3 aromatic rings. The summed E-state index contributed by atoms with van der Waals surface area (Å²) < 4.78 is 2.03. The lowest BCUT2D eigenvalue weighted by molar-refractivity contribution is -0.137. The van der Waals surface area contributed by atoms with E-state index in [2.05, 4.69) is 29.3 Å². The van der Waals surface area contributed by atoms with E-state index >= 15 is 0 Å². The maximum Gasteiger partial charge on any atom is 0.229 e. The second-order valence-corrected chi connectivity index (χ2v) is 6.87. The number of carbonyl (C=O) groups is 2. The summed E-state index contributed by atoms with van der Waals surface area (Å²) in [6, 6.07) is 10.2. The van der Waals surface area contributed by atoms with E-state index in [1.807, 2.05) is 22.6 Å². The van der Waals surface area contributed by atoms with E-state index in [-0.39, 0.29) is 11.8 Å². The number of benzene rings is 1. The minimum atomic E-state index is -0.0761. The van der Waals surface area contributed by atoms with Gasteiger partial charge in [-0.3, -0.25) is 18.9 Å². The Bertz CT molecular complexity index is 950. The van der Waals surface area contributed by atoms with E-state index in [4.69, 9.17) is 0 Å². The number of para-hydroxylation sites is 1. The molecule has 7 heteroatoms. The van der Waals surface area contributed by atoms with Crippen LogP contribution in [0.2, 0.25) is 0 Å². The van der Waals surface area contributed by atoms with Crippen LogP contribution in [0.5, 0.6) is 0 Å². The van der Waals surface area contributed by atoms with E-state index in [9.17, 15) is 9.59 Å². The molecule has 1 aromatic carbocycles. The lowest BCUT2D eigenvalue weighted by atomic mass is 10.1. The number of fused-ring (bicyclic) bond motifs is 3. The molecule has 24 heavy (non-hydrogen) atoms. The molecule has 0 atom stereocenters. The van der Waals surface area contributed by atoms with E-state index in [0.29, 0.717) is 25.1 Å². The molecule has 0 unspecified atom stereocenters. The Hall–Kier alpha value is -2.41. The predicted molar refractivity (Wildman–Crippen MR) is 91.9 cm³/mol. The van der Waals surface area contributed by atoms with Crippen LogP contribution in [0.15, 0.2) is 35.5 Å². The van der Waals surface area contributed by atoms with Crippen molar-refractivity contribution in [3.8, 4) is 0 Å². The summed E-state index contributed by atoms with van der Waals surface area (Å²) in [6.07, 6.45) is 0.669. The quantitative estimate of drug-likeness (QED) is 0.539. The first kappa shape index (κ1) is 15.1. The van der Waals surface area contributed by atoms with Crippen molar-refractivity contribution >= 4 is 40.1 Å². The Morgan fingerprint density at radius 2 is 1.88 bits per heavy atom. The smallest absolute Gasteiger partial charge is 0.229 e. The molecule has 0 saturated carbocycles. The van der Waals surface area contributed by atoms with Crippen molar-refractivity contribution < 1.29 is 9.59 Å². The lowest BCUT2D eigenvalue weighted by Crippen LogP contribution is -2.31. The van der Waals surface area contributed by atoms with Crippen LogP contribution in [0.25, 0.3) is 16.6 Å². The van der Waals surface area contributed by atoms with Crippen molar-refractivity contribution in [1.82, 2.24) is 19.5 Å². The Kier molecular flexibility index (Phi) is 3.72. The highest BCUT2D eigenvalue weighted by molar-refractivity contribution is 7.99. The van der Waals surface area contributed by atoms with Crippen LogP contribution < -0.4 is 0 Å². The van der Waals surface area contributed by atoms with Gasteiger partial charge in [-0.15, -0.1) is 10.2 Å². The number of aryl methyl sites for hydroxylation is 1. The van der Waals surface area contributed by atoms with Crippen molar-refractivity contribution in [3.05, 3.63) is 35.9 Å². The molecule has 0 aliphatic carbocycles. The van der Waals surface area contributed by atoms with Crippen LogP contribution in [0.1, 0.15) is 18.4 Å². The molecule has 122 valence electrons. The first-order valence-electron chi connectivity index (χ1n) is 7.84. The number of hydrogen-bond donors (Lipinski definition) is 0. The number of imide groups is 1. The molecule has 2 amide bonds. The topological polar surface area (TPSA) is 67.6 Å². The number of aromatic nitrogens is 3. The van der Waals surface area contributed by atoms with Gasteiger partial charge in [0, 0.05) is 30.5 Å². The van der Waals surface area contributed by atoms with Crippen LogP contribution in [0.4, 0.5) is 0 Å². The van der Waals surface area contributed by atoms with Gasteiger partial charge in [-0.2, -0.15) is 0 Å². The van der Waals surface area contributed by atoms with Gasteiger partial charge in [-0.1, -0.05) is 30.0 Å². The van der Waals surface area contributed by atoms with E-state index < -0.39 is 0 Å². The van der Waals surface area contributed by atoms with Crippen LogP contribution in [-0.4, -0.2) is 43.6 Å². The van der Waals surface area contributed by atoms with Crippen molar-refractivity contribution in [2.45, 2.75) is 24.9 Å². The fourth-order valence-corrected chi connectivity index (χ4v) is 3.94. The number of amides is 2. The molecule has 0 spiro atoms. The monoisotopic (exact) mass is 340 g/mol. The summed E-state index contributed by atoms with van der Waals surface area (Å²) in [5.74, 6) is 0.459. The zero-order valence-electron chi connectivity index (χ0n) is 13.2. The van der Waals surface area contributed by atoms with Crippen molar-refractivity contribution in [2.24, 2.45) is 0 Å². The van der Waals surface area contributed by atoms with Gasteiger partial charge in [-0.05, 0) is 24.6 Å². The minimum absolute atomic E-state index is 0.0761. The first-order valence-corrected chi connectivity index (χ1v) is 8.83. The third-order valence-electron chi connectivity index (χ3n) is 4.27. The predicted octanol–water partition coefficient (Wildman–Crippen LogP) is 2.43. The summed E-state index contributed by atoms with van der Waals surface area (Å²) in [6.45, 7) is 2.48. The molecular weight excluding hydrogens is 324 g/mol. The van der Waals surface area contributed by atoms with Crippen molar-refractivity contribution in [3.63, 3.8) is 0 Å². The summed E-state index contributed by atoms with van der Waals surface area (Å²) in [5.41, 5.74) is 3.03. The highest BCUT2D eigenvalue weighted by Gasteiger charge is 2.28. The van der Waals surface area contributed by atoms with E-state index in [1.54, 1.807) is 0 Å². The molecule has 1 aliphatic rings. The third-order valence-corrected chi connectivity index (χ3v) is 5.18. The standard InChI is InChI=1S/C17H16N4O2S/c1-11-10-14-18-19-17(21(14)13-5-3-2-4-12(11)13)24-9-8-20-15(22)6-7-16(20)23/h2-5,10H,6-9H2,1H3. The number of nitrogens with zero attached hydrogens (tertiary/aromatic N) is 4. The lowest BCUT2D eigenvalue weighted by Gasteiger charge is -2.12. The molecule has 0 N–H and O–H groups in total. The average Bonchev–Trinajstić information content (AvgIpc) is 3.13. The van der Waals surface area contributed by atoms with E-state index in [1.165, 1.54) is 16.7 Å². The summed E-state index contributed by atoms with van der Waals surface area (Å²) in [4.78, 5) is 24.7. The molecule has 0 radical (unpaired) electrons. The summed E-state index contributed by atoms with van der Waals surface area (Å²) in [5, 5.41) is 10.5. The maximum absolute atomic E-state index is 11.7. The molecule has 0 bridgehead atoms. The molecular formula is C17H16N4O2S. The summed E-state index contributed by atoms with van der Waals surface area (Å²) >= 11 is 1.51. The Balaban J connectivity index is 1.62. The Morgan fingerprint density at radius 1 is 1.12 bits per heavy atom. The number of pyridine rings is 1. The van der Waals surface area contributed by atoms with Gasteiger partial charge in [0.1, 0.15) is 0 Å². The summed E-state index contributed by atoms with van der Waals surface area (Å²) in [7, 11) is 0. The van der Waals surface area contributed by atoms with Gasteiger partial charge in [0.25, 0.3) is 0 Å². The third kappa shape index (κ3) is 2.45.